The van der Waals surface area contributed by atoms with Crippen LogP contribution in [0.3, 0.4) is 0 Å². The van der Waals surface area contributed by atoms with E-state index in [0.717, 1.165) is 17.4 Å². The minimum atomic E-state index is 0.0206. The number of hydrogen-bond acceptors (Lipinski definition) is 4. The molecule has 1 atom stereocenters. The molecule has 0 aliphatic heterocycles. The summed E-state index contributed by atoms with van der Waals surface area (Å²) in [7, 11) is 4.04. The van der Waals surface area contributed by atoms with Gasteiger partial charge in [-0.05, 0) is 33.5 Å². The summed E-state index contributed by atoms with van der Waals surface area (Å²) < 4.78 is 0.789. The minimum absolute atomic E-state index is 0.0206. The number of thioether (sulfide) groups is 1. The first-order chi connectivity index (χ1) is 11.0. The summed E-state index contributed by atoms with van der Waals surface area (Å²) in [6.45, 7) is 6.48. The molecule has 6 heteroatoms. The maximum absolute atomic E-state index is 12.1. The maximum Gasteiger partial charge on any atom is 0.230 e. The Morgan fingerprint density at radius 1 is 1.22 bits per heavy atom. The molecule has 0 saturated heterocycles. The molecule has 0 radical (unpaired) electrons. The van der Waals surface area contributed by atoms with E-state index >= 15 is 0 Å². The molecule has 1 rings (SSSR count). The maximum atomic E-state index is 12.1. The second-order valence-electron chi connectivity index (χ2n) is 5.42. The van der Waals surface area contributed by atoms with Gasteiger partial charge in [0.15, 0.2) is 0 Å². The number of nitrogens with zero attached hydrogens (tertiary/aromatic N) is 2. The number of nitrogens with one attached hydrogen (secondary N) is 1. The lowest BCUT2D eigenvalue weighted by atomic mass is 10.1. The lowest BCUT2D eigenvalue weighted by molar-refractivity contribution is -0.118. The molecule has 4 nitrogen and oxygen atoms in total. The van der Waals surface area contributed by atoms with Crippen molar-refractivity contribution >= 4 is 34.2 Å². The van der Waals surface area contributed by atoms with Crippen molar-refractivity contribution in [3.05, 3.63) is 35.9 Å². The molecule has 0 aliphatic rings. The van der Waals surface area contributed by atoms with Crippen molar-refractivity contribution in [2.45, 2.75) is 19.9 Å². The predicted octanol–water partition coefficient (Wildman–Crippen LogP) is 2.77. The smallest absolute Gasteiger partial charge is 0.230 e. The van der Waals surface area contributed by atoms with E-state index in [1.165, 1.54) is 17.3 Å². The number of rotatable bonds is 8. The zero-order valence-corrected chi connectivity index (χ0v) is 16.0. The molecule has 0 saturated carbocycles. The van der Waals surface area contributed by atoms with E-state index in [4.69, 9.17) is 12.2 Å². The van der Waals surface area contributed by atoms with Gasteiger partial charge < -0.3 is 15.1 Å². The molecule has 1 amide bonds. The van der Waals surface area contributed by atoms with Crippen LogP contribution < -0.4 is 5.32 Å². The van der Waals surface area contributed by atoms with Crippen molar-refractivity contribution in [1.82, 2.24) is 15.1 Å². The Bertz CT molecular complexity index is 490. The summed E-state index contributed by atoms with van der Waals surface area (Å²) in [4.78, 5) is 16.3. The lowest BCUT2D eigenvalue weighted by Gasteiger charge is -2.25. The highest BCUT2D eigenvalue weighted by Gasteiger charge is 2.15. The van der Waals surface area contributed by atoms with Gasteiger partial charge in [-0.25, -0.2) is 0 Å². The summed E-state index contributed by atoms with van der Waals surface area (Å²) >= 11 is 6.78. The molecular formula is C17H27N3OS2. The van der Waals surface area contributed by atoms with Gasteiger partial charge in [0.1, 0.15) is 4.32 Å². The van der Waals surface area contributed by atoms with Crippen LogP contribution in [0.4, 0.5) is 0 Å². The van der Waals surface area contributed by atoms with E-state index in [2.05, 4.69) is 41.1 Å². The zero-order chi connectivity index (χ0) is 17.2. The van der Waals surface area contributed by atoms with Crippen LogP contribution in [0.25, 0.3) is 0 Å². The second-order valence-corrected chi connectivity index (χ2v) is 7.03. The summed E-state index contributed by atoms with van der Waals surface area (Å²) in [6.07, 6.45) is 0. The molecule has 0 heterocycles. The van der Waals surface area contributed by atoms with Gasteiger partial charge in [-0.1, -0.05) is 54.3 Å². The van der Waals surface area contributed by atoms with Gasteiger partial charge >= 0.3 is 0 Å². The van der Waals surface area contributed by atoms with Gasteiger partial charge in [0.25, 0.3) is 0 Å². The van der Waals surface area contributed by atoms with Gasteiger partial charge in [0.2, 0.25) is 5.91 Å². The number of carbonyl (C=O) groups excluding carboxylic acids is 1. The summed E-state index contributed by atoms with van der Waals surface area (Å²) in [5, 5.41) is 3.01. The van der Waals surface area contributed by atoms with Crippen LogP contribution in [0.2, 0.25) is 0 Å². The molecule has 0 aromatic heterocycles. The van der Waals surface area contributed by atoms with Crippen molar-refractivity contribution in [2.75, 3.05) is 39.5 Å². The first-order valence-corrected chi connectivity index (χ1v) is 9.28. The third-order valence-electron chi connectivity index (χ3n) is 3.65. The van der Waals surface area contributed by atoms with Crippen LogP contribution in [0, 0.1) is 0 Å². The zero-order valence-electron chi connectivity index (χ0n) is 14.4. The van der Waals surface area contributed by atoms with Crippen molar-refractivity contribution in [3.63, 3.8) is 0 Å². The highest BCUT2D eigenvalue weighted by Crippen LogP contribution is 2.17. The minimum Gasteiger partial charge on any atom is -0.358 e. The van der Waals surface area contributed by atoms with E-state index in [1.54, 1.807) is 0 Å². The average Bonchev–Trinajstić information content (AvgIpc) is 2.55. The number of amides is 1. The van der Waals surface area contributed by atoms with E-state index in [0.29, 0.717) is 12.3 Å². The fraction of sp³-hybridized carbons (Fsp3) is 0.529. The molecule has 128 valence electrons. The van der Waals surface area contributed by atoms with Crippen LogP contribution in [0.5, 0.6) is 0 Å². The predicted molar refractivity (Wildman–Crippen MR) is 104 cm³/mol. The number of carbonyl (C=O) groups is 1. The van der Waals surface area contributed by atoms with Crippen molar-refractivity contribution < 1.29 is 4.79 Å². The fourth-order valence-corrected chi connectivity index (χ4v) is 3.47. The van der Waals surface area contributed by atoms with Crippen LogP contribution in [-0.4, -0.2) is 59.5 Å². The highest BCUT2D eigenvalue weighted by molar-refractivity contribution is 8.23. The summed E-state index contributed by atoms with van der Waals surface area (Å²) in [5.41, 5.74) is 1.20. The quantitative estimate of drug-likeness (QED) is 0.727. The Kier molecular flexibility index (Phi) is 9.21. The first kappa shape index (κ1) is 19.9. The molecular weight excluding hydrogens is 326 g/mol. The molecule has 1 N–H and O–H groups in total. The molecule has 1 aromatic carbocycles. The summed E-state index contributed by atoms with van der Waals surface area (Å²) in [6, 6.07) is 10.4. The third kappa shape index (κ3) is 6.89. The Morgan fingerprint density at radius 3 is 2.35 bits per heavy atom. The number of hydrogen-bond donors (Lipinski definition) is 1. The molecule has 0 spiro atoms. The van der Waals surface area contributed by atoms with Crippen molar-refractivity contribution in [1.29, 1.82) is 0 Å². The van der Waals surface area contributed by atoms with Crippen LogP contribution >= 0.6 is 24.0 Å². The van der Waals surface area contributed by atoms with E-state index in [1.807, 2.05) is 32.3 Å². The molecule has 0 aliphatic carbocycles. The number of benzene rings is 1. The van der Waals surface area contributed by atoms with Crippen LogP contribution in [-0.2, 0) is 4.79 Å². The standard InChI is InChI=1S/C17H27N3OS2/c1-5-20(6-2)17(22)23-13-16(21)18-12-15(19(3)4)14-10-8-7-9-11-14/h7-11,15H,5-6,12-13H2,1-4H3,(H,18,21). The first-order valence-electron chi connectivity index (χ1n) is 7.89. The SMILES string of the molecule is CCN(CC)C(=S)SCC(=O)NCC(c1ccccc1)N(C)C. The Labute approximate surface area is 149 Å². The van der Waals surface area contributed by atoms with Gasteiger partial charge in [-0.3, -0.25) is 4.79 Å². The summed E-state index contributed by atoms with van der Waals surface area (Å²) in [5.74, 6) is 0.386. The van der Waals surface area contributed by atoms with Crippen molar-refractivity contribution in [3.8, 4) is 0 Å². The monoisotopic (exact) mass is 353 g/mol. The molecule has 23 heavy (non-hydrogen) atoms. The largest absolute Gasteiger partial charge is 0.358 e. The Balaban J connectivity index is 2.46. The van der Waals surface area contributed by atoms with Gasteiger partial charge in [-0.2, -0.15) is 0 Å². The third-order valence-corrected chi connectivity index (χ3v) is 5.17. The van der Waals surface area contributed by atoms with Gasteiger partial charge in [0, 0.05) is 19.6 Å². The second kappa shape index (κ2) is 10.6. The molecule has 1 unspecified atom stereocenters. The van der Waals surface area contributed by atoms with Crippen molar-refractivity contribution in [2.24, 2.45) is 0 Å². The van der Waals surface area contributed by atoms with Gasteiger partial charge in [0.05, 0.1) is 11.8 Å². The van der Waals surface area contributed by atoms with E-state index < -0.39 is 0 Å². The van der Waals surface area contributed by atoms with Crippen LogP contribution in [0.15, 0.2) is 30.3 Å². The molecule has 1 aromatic rings. The number of likely N-dealkylation sites (N-methyl/N-ethyl adjacent to an activating group) is 1. The highest BCUT2D eigenvalue weighted by atomic mass is 32.2. The van der Waals surface area contributed by atoms with E-state index in [-0.39, 0.29) is 11.9 Å². The molecule has 0 fully saturated rings. The van der Waals surface area contributed by atoms with Gasteiger partial charge in [-0.15, -0.1) is 0 Å². The average molecular weight is 354 g/mol. The Morgan fingerprint density at radius 2 is 1.83 bits per heavy atom. The Hall–Kier alpha value is -1.11. The number of thiocarbonyl (C=S) groups is 1. The fourth-order valence-electron chi connectivity index (χ4n) is 2.24. The lowest BCUT2D eigenvalue weighted by Crippen LogP contribution is -2.36. The molecule has 0 bridgehead atoms. The normalized spacial score (nSPS) is 12.0. The van der Waals surface area contributed by atoms with E-state index in [9.17, 15) is 4.79 Å². The topological polar surface area (TPSA) is 35.6 Å². The van der Waals surface area contributed by atoms with Crippen LogP contribution in [0.1, 0.15) is 25.5 Å².